The van der Waals surface area contributed by atoms with Gasteiger partial charge in [-0.25, -0.2) is 8.42 Å². The maximum Gasteiger partial charge on any atom is 0.255 e. The smallest absolute Gasteiger partial charge is 0.255 e. The molecule has 9 heteroatoms. The van der Waals surface area contributed by atoms with Gasteiger partial charge in [0.25, 0.3) is 5.91 Å². The van der Waals surface area contributed by atoms with Crippen molar-refractivity contribution >= 4 is 27.4 Å². The zero-order valence-electron chi connectivity index (χ0n) is 18.4. The molecule has 0 atom stereocenters. The molecule has 0 fully saturated rings. The highest BCUT2D eigenvalue weighted by atomic mass is 32.2. The summed E-state index contributed by atoms with van der Waals surface area (Å²) in [5, 5.41) is 2.71. The molecule has 1 amide bonds. The van der Waals surface area contributed by atoms with Crippen LogP contribution in [0.5, 0.6) is 11.5 Å². The summed E-state index contributed by atoms with van der Waals surface area (Å²) < 4.78 is 38.7. The number of ether oxygens (including phenoxy) is 2. The molecule has 1 N–H and O–H groups in total. The highest BCUT2D eigenvalue weighted by molar-refractivity contribution is 7.89. The van der Waals surface area contributed by atoms with Gasteiger partial charge in [-0.2, -0.15) is 4.31 Å². The predicted molar refractivity (Wildman–Crippen MR) is 125 cm³/mol. The van der Waals surface area contributed by atoms with Crippen molar-refractivity contribution < 1.29 is 27.5 Å². The van der Waals surface area contributed by atoms with Crippen molar-refractivity contribution in [2.45, 2.75) is 24.8 Å². The molecule has 2 aliphatic rings. The van der Waals surface area contributed by atoms with E-state index in [2.05, 4.69) is 5.32 Å². The molecule has 0 bridgehead atoms. The fraction of sp³-hybridized carbons (Fsp3) is 0.200. The summed E-state index contributed by atoms with van der Waals surface area (Å²) in [4.78, 5) is 25.1. The second-order valence-electron chi connectivity index (χ2n) is 8.15. The number of sulfonamides is 1. The first-order valence-electron chi connectivity index (χ1n) is 10.8. The number of Topliss-reactive ketones (excluding diaryl/α,β-unsaturated/α-hetero) is 1. The van der Waals surface area contributed by atoms with Gasteiger partial charge in [-0.05, 0) is 48.7 Å². The van der Waals surface area contributed by atoms with Crippen LogP contribution in [0.2, 0.25) is 0 Å². The lowest BCUT2D eigenvalue weighted by Gasteiger charge is -2.28. The van der Waals surface area contributed by atoms with E-state index in [1.54, 1.807) is 0 Å². The Bertz CT molecular complexity index is 1420. The first-order chi connectivity index (χ1) is 16.3. The van der Waals surface area contributed by atoms with Crippen LogP contribution in [0.25, 0.3) is 0 Å². The summed E-state index contributed by atoms with van der Waals surface area (Å²) in [5.41, 5.74) is 2.82. The molecular weight excluding hydrogens is 456 g/mol. The molecule has 0 saturated heterocycles. The average molecular weight is 479 g/mol. The van der Waals surface area contributed by atoms with Crippen LogP contribution in [-0.2, 0) is 23.0 Å². The molecule has 8 nitrogen and oxygen atoms in total. The van der Waals surface area contributed by atoms with Crippen LogP contribution in [0.1, 0.15) is 38.8 Å². The van der Waals surface area contributed by atoms with E-state index < -0.39 is 15.9 Å². The lowest BCUT2D eigenvalue weighted by molar-refractivity contribution is 0.101. The molecule has 174 valence electrons. The number of hydrogen-bond acceptors (Lipinski definition) is 6. The number of amides is 1. The van der Waals surface area contributed by atoms with Gasteiger partial charge in [0.05, 0.1) is 10.6 Å². The Morgan fingerprint density at radius 1 is 0.941 bits per heavy atom. The maximum absolute atomic E-state index is 13.3. The normalized spacial score (nSPS) is 15.0. The molecule has 34 heavy (non-hydrogen) atoms. The van der Waals surface area contributed by atoms with Crippen molar-refractivity contribution in [3.8, 4) is 11.5 Å². The highest BCUT2D eigenvalue weighted by Crippen LogP contribution is 2.37. The SMILES string of the molecule is CC(=O)c1cc2c(cc1NC(=O)c1cccc(S(=O)(=O)N3CCc4ccccc4C3)c1)OCO2. The van der Waals surface area contributed by atoms with E-state index in [0.717, 1.165) is 11.1 Å². The minimum atomic E-state index is -3.80. The molecule has 2 aliphatic heterocycles. The minimum absolute atomic E-state index is 0.0327. The minimum Gasteiger partial charge on any atom is -0.454 e. The average Bonchev–Trinajstić information content (AvgIpc) is 3.30. The van der Waals surface area contributed by atoms with E-state index in [0.29, 0.717) is 24.5 Å². The molecular formula is C25H22N2O6S. The van der Waals surface area contributed by atoms with Crippen LogP contribution in [0.4, 0.5) is 5.69 Å². The maximum atomic E-state index is 13.3. The molecule has 0 aromatic heterocycles. The van der Waals surface area contributed by atoms with E-state index >= 15 is 0 Å². The summed E-state index contributed by atoms with van der Waals surface area (Å²) in [5.74, 6) is 0.0547. The first-order valence-corrected chi connectivity index (χ1v) is 12.2. The van der Waals surface area contributed by atoms with Gasteiger partial charge in [0.15, 0.2) is 17.3 Å². The number of fused-ring (bicyclic) bond motifs is 2. The molecule has 3 aromatic rings. The zero-order valence-corrected chi connectivity index (χ0v) is 19.2. The van der Waals surface area contributed by atoms with Crippen LogP contribution in [0.3, 0.4) is 0 Å². The molecule has 0 radical (unpaired) electrons. The van der Waals surface area contributed by atoms with Crippen molar-refractivity contribution in [2.24, 2.45) is 0 Å². The Kier molecular flexibility index (Phi) is 5.59. The van der Waals surface area contributed by atoms with Gasteiger partial charge in [-0.3, -0.25) is 9.59 Å². The van der Waals surface area contributed by atoms with Crippen molar-refractivity contribution in [1.82, 2.24) is 4.31 Å². The van der Waals surface area contributed by atoms with Crippen LogP contribution < -0.4 is 14.8 Å². The van der Waals surface area contributed by atoms with Gasteiger partial charge in [0.1, 0.15) is 0 Å². The van der Waals surface area contributed by atoms with Crippen LogP contribution in [0.15, 0.2) is 65.6 Å². The Labute approximate surface area is 197 Å². The number of benzene rings is 3. The second-order valence-corrected chi connectivity index (χ2v) is 10.1. The predicted octanol–water partition coefficient (Wildman–Crippen LogP) is 3.62. The molecule has 3 aromatic carbocycles. The Hall–Kier alpha value is -3.69. The number of nitrogens with one attached hydrogen (secondary N) is 1. The molecule has 5 rings (SSSR count). The van der Waals surface area contributed by atoms with E-state index in [-0.39, 0.29) is 40.8 Å². The Balaban J connectivity index is 1.40. The van der Waals surface area contributed by atoms with Gasteiger partial charge in [-0.15, -0.1) is 0 Å². The molecule has 0 unspecified atom stereocenters. The van der Waals surface area contributed by atoms with Crippen molar-refractivity contribution in [1.29, 1.82) is 0 Å². The Morgan fingerprint density at radius 3 is 2.44 bits per heavy atom. The van der Waals surface area contributed by atoms with E-state index in [1.165, 1.54) is 47.6 Å². The molecule has 0 saturated carbocycles. The molecule has 2 heterocycles. The number of anilines is 1. The third-order valence-electron chi connectivity index (χ3n) is 5.97. The van der Waals surface area contributed by atoms with Crippen LogP contribution in [0, 0.1) is 0 Å². The number of nitrogens with zero attached hydrogens (tertiary/aromatic N) is 1. The number of ketones is 1. The number of carbonyl (C=O) groups is 2. The number of hydrogen-bond donors (Lipinski definition) is 1. The molecule has 0 spiro atoms. The lowest BCUT2D eigenvalue weighted by atomic mass is 10.0. The lowest BCUT2D eigenvalue weighted by Crippen LogP contribution is -2.36. The van der Waals surface area contributed by atoms with Gasteiger partial charge in [-0.1, -0.05) is 30.3 Å². The summed E-state index contributed by atoms with van der Waals surface area (Å²) in [6.45, 7) is 2.07. The largest absolute Gasteiger partial charge is 0.454 e. The summed E-state index contributed by atoms with van der Waals surface area (Å²) in [6, 6.07) is 16.7. The van der Waals surface area contributed by atoms with E-state index in [9.17, 15) is 18.0 Å². The summed E-state index contributed by atoms with van der Waals surface area (Å²) in [6.07, 6.45) is 0.632. The third kappa shape index (κ3) is 4.04. The van der Waals surface area contributed by atoms with Gasteiger partial charge >= 0.3 is 0 Å². The number of rotatable bonds is 5. The van der Waals surface area contributed by atoms with Crippen molar-refractivity contribution in [2.75, 3.05) is 18.7 Å². The van der Waals surface area contributed by atoms with E-state index in [1.807, 2.05) is 24.3 Å². The molecule has 0 aliphatic carbocycles. The zero-order chi connectivity index (χ0) is 23.9. The third-order valence-corrected chi connectivity index (χ3v) is 7.81. The Morgan fingerprint density at radius 2 is 1.68 bits per heavy atom. The second kappa shape index (κ2) is 8.58. The fourth-order valence-electron chi connectivity index (χ4n) is 4.15. The van der Waals surface area contributed by atoms with E-state index in [4.69, 9.17) is 9.47 Å². The van der Waals surface area contributed by atoms with Crippen LogP contribution >= 0.6 is 0 Å². The van der Waals surface area contributed by atoms with Gasteiger partial charge < -0.3 is 14.8 Å². The van der Waals surface area contributed by atoms with Crippen molar-refractivity contribution in [3.05, 3.63) is 82.9 Å². The number of carbonyl (C=O) groups excluding carboxylic acids is 2. The summed E-state index contributed by atoms with van der Waals surface area (Å²) in [7, 11) is -3.80. The quantitative estimate of drug-likeness (QED) is 0.562. The monoisotopic (exact) mass is 478 g/mol. The fourth-order valence-corrected chi connectivity index (χ4v) is 5.62. The topological polar surface area (TPSA) is 102 Å². The first kappa shape index (κ1) is 22.1. The van der Waals surface area contributed by atoms with Gasteiger partial charge in [0, 0.05) is 30.3 Å². The van der Waals surface area contributed by atoms with Gasteiger partial charge in [0.2, 0.25) is 16.8 Å². The standard InChI is InChI=1S/C25H22N2O6S/c1-16(28)21-12-23-24(33-15-32-23)13-22(21)26-25(29)18-7-4-8-20(11-18)34(30,31)27-10-9-17-5-2-3-6-19(17)14-27/h2-8,11-13H,9-10,14-15H2,1H3,(H,26,29). The summed E-state index contributed by atoms with van der Waals surface area (Å²) >= 11 is 0. The van der Waals surface area contributed by atoms with Crippen molar-refractivity contribution in [3.63, 3.8) is 0 Å². The highest BCUT2D eigenvalue weighted by Gasteiger charge is 2.29. The van der Waals surface area contributed by atoms with Crippen LogP contribution in [-0.4, -0.2) is 37.8 Å².